The molecule has 118 valence electrons. The van der Waals surface area contributed by atoms with Crippen LogP contribution in [-0.2, 0) is 20.7 Å². The van der Waals surface area contributed by atoms with Gasteiger partial charge in [-0.1, -0.05) is 12.1 Å². The van der Waals surface area contributed by atoms with Crippen LogP contribution in [-0.4, -0.2) is 31.0 Å². The molecule has 0 aliphatic rings. The second kappa shape index (κ2) is 8.15. The summed E-state index contributed by atoms with van der Waals surface area (Å²) in [7, 11) is 1.58. The first-order chi connectivity index (χ1) is 10.4. The van der Waals surface area contributed by atoms with Gasteiger partial charge in [-0.05, 0) is 31.0 Å². The number of aryl methyl sites for hydroxylation is 1. The SMILES string of the molecule is CCOC(=O)C(N)(C#N)CC(=O)CCc1ccc(OC)cc1. The number of nitrogens with two attached hydrogens (primary N) is 1. The molecule has 6 nitrogen and oxygen atoms in total. The van der Waals surface area contributed by atoms with Crippen LogP contribution in [0.3, 0.4) is 0 Å². The Bertz CT molecular complexity index is 563. The van der Waals surface area contributed by atoms with E-state index < -0.39 is 11.5 Å². The molecule has 0 saturated heterocycles. The average molecular weight is 304 g/mol. The topological polar surface area (TPSA) is 102 Å². The lowest BCUT2D eigenvalue weighted by Gasteiger charge is -2.18. The molecule has 0 saturated carbocycles. The Kier molecular flexibility index (Phi) is 6.54. The van der Waals surface area contributed by atoms with Crippen molar-refractivity contribution in [3.8, 4) is 11.8 Å². The molecule has 1 aromatic rings. The van der Waals surface area contributed by atoms with Crippen molar-refractivity contribution in [3.63, 3.8) is 0 Å². The first-order valence-electron chi connectivity index (χ1n) is 6.97. The van der Waals surface area contributed by atoms with E-state index in [4.69, 9.17) is 20.5 Å². The van der Waals surface area contributed by atoms with Crippen LogP contribution in [0.1, 0.15) is 25.3 Å². The van der Waals surface area contributed by atoms with Crippen molar-refractivity contribution in [1.82, 2.24) is 0 Å². The summed E-state index contributed by atoms with van der Waals surface area (Å²) in [5, 5.41) is 9.03. The van der Waals surface area contributed by atoms with Crippen molar-refractivity contribution in [3.05, 3.63) is 29.8 Å². The molecule has 0 aliphatic heterocycles. The number of methoxy groups -OCH3 is 1. The molecule has 1 rings (SSSR count). The maximum atomic E-state index is 12.0. The minimum absolute atomic E-state index is 0.111. The highest BCUT2D eigenvalue weighted by Crippen LogP contribution is 2.15. The number of ketones is 1. The van der Waals surface area contributed by atoms with E-state index in [1.165, 1.54) is 0 Å². The van der Waals surface area contributed by atoms with Gasteiger partial charge in [0.25, 0.3) is 0 Å². The smallest absolute Gasteiger partial charge is 0.341 e. The first-order valence-corrected chi connectivity index (χ1v) is 6.97. The second-order valence-electron chi connectivity index (χ2n) is 4.87. The standard InChI is InChI=1S/C16H20N2O4/c1-3-22-15(20)16(18,11-17)10-13(19)7-4-12-5-8-14(21-2)9-6-12/h5-6,8-9H,3-4,7,10,18H2,1-2H3. The van der Waals surface area contributed by atoms with Crippen LogP contribution in [0, 0.1) is 11.3 Å². The van der Waals surface area contributed by atoms with Crippen LogP contribution in [0.4, 0.5) is 0 Å². The molecular weight excluding hydrogens is 284 g/mol. The van der Waals surface area contributed by atoms with Gasteiger partial charge in [-0.2, -0.15) is 5.26 Å². The second-order valence-corrected chi connectivity index (χ2v) is 4.87. The number of carbonyl (C=O) groups excluding carboxylic acids is 2. The van der Waals surface area contributed by atoms with Crippen molar-refractivity contribution in [2.45, 2.75) is 31.7 Å². The molecular formula is C16H20N2O4. The van der Waals surface area contributed by atoms with Gasteiger partial charge < -0.3 is 15.2 Å². The summed E-state index contributed by atoms with van der Waals surface area (Å²) in [6.45, 7) is 1.72. The number of nitrogens with zero attached hydrogens (tertiary/aromatic N) is 1. The highest BCUT2D eigenvalue weighted by atomic mass is 16.5. The largest absolute Gasteiger partial charge is 0.497 e. The van der Waals surface area contributed by atoms with E-state index >= 15 is 0 Å². The van der Waals surface area contributed by atoms with Crippen molar-refractivity contribution in [1.29, 1.82) is 5.26 Å². The third-order valence-electron chi connectivity index (χ3n) is 3.17. The van der Waals surface area contributed by atoms with E-state index in [1.54, 1.807) is 32.2 Å². The fourth-order valence-electron chi connectivity index (χ4n) is 1.89. The third-order valence-corrected chi connectivity index (χ3v) is 3.17. The van der Waals surface area contributed by atoms with Crippen LogP contribution >= 0.6 is 0 Å². The Morgan fingerprint density at radius 1 is 1.32 bits per heavy atom. The van der Waals surface area contributed by atoms with Crippen molar-refractivity contribution in [2.75, 3.05) is 13.7 Å². The molecule has 0 fully saturated rings. The Labute approximate surface area is 129 Å². The summed E-state index contributed by atoms with van der Waals surface area (Å²) in [6, 6.07) is 9.00. The zero-order chi connectivity index (χ0) is 16.6. The lowest BCUT2D eigenvalue weighted by Crippen LogP contribution is -2.49. The van der Waals surface area contributed by atoms with E-state index in [9.17, 15) is 9.59 Å². The number of hydrogen-bond donors (Lipinski definition) is 1. The quantitative estimate of drug-likeness (QED) is 0.728. The summed E-state index contributed by atoms with van der Waals surface area (Å²) < 4.78 is 9.79. The first kappa shape index (κ1) is 17.7. The average Bonchev–Trinajstić information content (AvgIpc) is 2.53. The maximum absolute atomic E-state index is 12.0. The van der Waals surface area contributed by atoms with Gasteiger partial charge >= 0.3 is 5.97 Å². The lowest BCUT2D eigenvalue weighted by molar-refractivity contribution is -0.148. The molecule has 0 amide bonds. The molecule has 2 N–H and O–H groups in total. The number of rotatable bonds is 8. The van der Waals surface area contributed by atoms with Crippen molar-refractivity contribution >= 4 is 11.8 Å². The van der Waals surface area contributed by atoms with Gasteiger partial charge in [0.05, 0.1) is 19.8 Å². The van der Waals surface area contributed by atoms with E-state index in [0.29, 0.717) is 6.42 Å². The molecule has 6 heteroatoms. The van der Waals surface area contributed by atoms with E-state index in [1.807, 2.05) is 12.1 Å². The zero-order valence-corrected chi connectivity index (χ0v) is 12.8. The molecule has 0 spiro atoms. The number of benzene rings is 1. The van der Waals surface area contributed by atoms with E-state index in [2.05, 4.69) is 0 Å². The van der Waals surface area contributed by atoms with Gasteiger partial charge in [0.15, 0.2) is 0 Å². The zero-order valence-electron chi connectivity index (χ0n) is 12.8. The summed E-state index contributed by atoms with van der Waals surface area (Å²) >= 11 is 0. The van der Waals surface area contributed by atoms with Gasteiger partial charge in [-0.25, -0.2) is 4.79 Å². The molecule has 0 aliphatic carbocycles. The molecule has 0 radical (unpaired) electrons. The molecule has 0 aromatic heterocycles. The minimum atomic E-state index is -1.91. The normalized spacial score (nSPS) is 12.8. The predicted octanol–water partition coefficient (Wildman–Crippen LogP) is 1.37. The number of esters is 1. The highest BCUT2D eigenvalue weighted by Gasteiger charge is 2.38. The molecule has 1 aromatic carbocycles. The van der Waals surface area contributed by atoms with Crippen LogP contribution < -0.4 is 10.5 Å². The van der Waals surface area contributed by atoms with Crippen molar-refractivity contribution in [2.24, 2.45) is 5.73 Å². The minimum Gasteiger partial charge on any atom is -0.497 e. The number of Topliss-reactive ketones (excluding diaryl/α,β-unsaturated/α-hetero) is 1. The summed E-state index contributed by atoms with van der Waals surface area (Å²) in [4.78, 5) is 23.6. The number of ether oxygens (including phenoxy) is 2. The molecule has 22 heavy (non-hydrogen) atoms. The lowest BCUT2D eigenvalue weighted by atomic mass is 9.93. The van der Waals surface area contributed by atoms with Crippen LogP contribution in [0.15, 0.2) is 24.3 Å². The summed E-state index contributed by atoms with van der Waals surface area (Å²) in [5.41, 5.74) is 4.71. The number of carbonyl (C=O) groups is 2. The molecule has 0 heterocycles. The summed E-state index contributed by atoms with van der Waals surface area (Å²) in [6.07, 6.45) is 0.359. The maximum Gasteiger partial charge on any atom is 0.341 e. The predicted molar refractivity (Wildman–Crippen MR) is 80.1 cm³/mol. The molecule has 0 bridgehead atoms. The molecule has 1 unspecified atom stereocenters. The Balaban J connectivity index is 2.57. The van der Waals surface area contributed by atoms with Gasteiger partial charge in [0.1, 0.15) is 11.5 Å². The molecule has 1 atom stereocenters. The third kappa shape index (κ3) is 4.86. The van der Waals surface area contributed by atoms with Gasteiger partial charge in [0.2, 0.25) is 5.54 Å². The van der Waals surface area contributed by atoms with Gasteiger partial charge in [0, 0.05) is 12.8 Å². The van der Waals surface area contributed by atoms with Gasteiger partial charge in [-0.3, -0.25) is 4.79 Å². The number of nitriles is 1. The van der Waals surface area contributed by atoms with Crippen LogP contribution in [0.5, 0.6) is 5.75 Å². The van der Waals surface area contributed by atoms with Crippen molar-refractivity contribution < 1.29 is 19.1 Å². The monoisotopic (exact) mass is 304 g/mol. The van der Waals surface area contributed by atoms with E-state index in [0.717, 1.165) is 11.3 Å². The van der Waals surface area contributed by atoms with Gasteiger partial charge in [-0.15, -0.1) is 0 Å². The fourth-order valence-corrected chi connectivity index (χ4v) is 1.89. The highest BCUT2D eigenvalue weighted by molar-refractivity contribution is 5.92. The Hall–Kier alpha value is -2.39. The summed E-state index contributed by atoms with van der Waals surface area (Å²) in [5.74, 6) is -0.383. The Morgan fingerprint density at radius 2 is 1.95 bits per heavy atom. The van der Waals surface area contributed by atoms with E-state index in [-0.39, 0.29) is 25.2 Å². The Morgan fingerprint density at radius 3 is 2.45 bits per heavy atom. The van der Waals surface area contributed by atoms with Crippen LogP contribution in [0.2, 0.25) is 0 Å². The van der Waals surface area contributed by atoms with Crippen LogP contribution in [0.25, 0.3) is 0 Å². The fraction of sp³-hybridized carbons (Fsp3) is 0.438. The number of hydrogen-bond acceptors (Lipinski definition) is 6.